The maximum Gasteiger partial charge on any atom is 0.143 e. The molecule has 0 amide bonds. The molecule has 3 heteroatoms. The van der Waals surface area contributed by atoms with Gasteiger partial charge in [0.1, 0.15) is 22.3 Å². The number of nitrogens with zero attached hydrogens (tertiary/aromatic N) is 1. The van der Waals surface area contributed by atoms with E-state index in [0.29, 0.717) is 0 Å². The topological polar surface area (TPSA) is 31.2 Å². The zero-order valence-corrected chi connectivity index (χ0v) is 31.8. The molecule has 0 aliphatic heterocycles. The molecule has 0 atom stereocenters. The van der Waals surface area contributed by atoms with Gasteiger partial charge in [0.25, 0.3) is 0 Å². The van der Waals surface area contributed by atoms with Gasteiger partial charge in [-0.15, -0.1) is 0 Å². The molecule has 0 fully saturated rings. The third-order valence-electron chi connectivity index (χ3n) is 12.4. The number of fused-ring (bicyclic) bond motifs is 11. The smallest absolute Gasteiger partial charge is 0.143 e. The fraction of sp³-hybridized carbons (Fsp3) is 0. The van der Waals surface area contributed by atoms with Crippen LogP contribution in [0, 0.1) is 0 Å². The van der Waals surface area contributed by atoms with Crippen LogP contribution in [0.5, 0.6) is 0 Å². The molecule has 0 unspecified atom stereocenters. The highest BCUT2D eigenvalue weighted by Gasteiger charge is 2.23. The highest BCUT2D eigenvalue weighted by molar-refractivity contribution is 6.25. The van der Waals surface area contributed by atoms with Crippen molar-refractivity contribution in [1.82, 2.24) is 4.57 Å². The van der Waals surface area contributed by atoms with E-state index in [1.807, 2.05) is 12.1 Å². The number of hydrogen-bond donors (Lipinski definition) is 0. The van der Waals surface area contributed by atoms with Crippen molar-refractivity contribution in [3.63, 3.8) is 0 Å². The van der Waals surface area contributed by atoms with Crippen molar-refractivity contribution in [3.05, 3.63) is 200 Å². The molecule has 3 heterocycles. The molecule has 3 nitrogen and oxygen atoms in total. The molecule has 0 aliphatic rings. The molecular weight excluding hydrogens is 719 g/mol. The van der Waals surface area contributed by atoms with Crippen LogP contribution in [0.3, 0.4) is 0 Å². The normalized spacial score (nSPS) is 12.1. The van der Waals surface area contributed by atoms with Gasteiger partial charge in [0.05, 0.1) is 11.0 Å². The first kappa shape index (κ1) is 32.2. The van der Waals surface area contributed by atoms with Gasteiger partial charge in [0, 0.05) is 54.7 Å². The van der Waals surface area contributed by atoms with Crippen LogP contribution in [0.2, 0.25) is 0 Å². The molecule has 13 aromatic rings. The zero-order valence-electron chi connectivity index (χ0n) is 31.8. The van der Waals surface area contributed by atoms with Crippen LogP contribution >= 0.6 is 0 Å². The van der Waals surface area contributed by atoms with E-state index in [4.69, 9.17) is 8.83 Å². The Hall–Kier alpha value is -7.88. The Morgan fingerprint density at radius 3 is 1.32 bits per heavy atom. The van der Waals surface area contributed by atoms with Crippen molar-refractivity contribution in [2.75, 3.05) is 0 Å². The summed E-state index contributed by atoms with van der Waals surface area (Å²) in [7, 11) is 0. The minimum absolute atomic E-state index is 0.892. The summed E-state index contributed by atoms with van der Waals surface area (Å²) in [5.74, 6) is 0. The van der Waals surface area contributed by atoms with Gasteiger partial charge in [-0.1, -0.05) is 164 Å². The summed E-state index contributed by atoms with van der Waals surface area (Å²) < 4.78 is 15.8. The standard InChI is InChI=1S/C56H33NO2/c1-2-15-34(16-3-1)57-50-30-7-4-17-37(50)42-24-12-29-47(54(42)57)53-40-22-10-20-35(43-25-13-27-45-38-18-5-8-31-51(38)58-55(43)45)48(40)33-49-36(21-11-23-41(49)53)44-26-14-28-46-39-19-6-9-32-52(39)59-56(44)46/h1-33H. The molecule has 0 spiro atoms. The van der Waals surface area contributed by atoms with Gasteiger partial charge in [-0.25, -0.2) is 0 Å². The molecule has 0 radical (unpaired) electrons. The SMILES string of the molecule is c1ccc(-n2c3ccccc3c3cccc(-c4c5cccc(-c6cccc7c6oc6ccccc67)c5cc5c(-c6cccc7c6oc6ccccc67)cccc45)c32)cc1. The molecule has 13 rings (SSSR count). The monoisotopic (exact) mass is 751 g/mol. The van der Waals surface area contributed by atoms with Crippen molar-refractivity contribution in [2.24, 2.45) is 0 Å². The van der Waals surface area contributed by atoms with E-state index in [2.05, 4.69) is 193 Å². The summed E-state index contributed by atoms with van der Waals surface area (Å²) in [5, 5.41) is 11.6. The quantitative estimate of drug-likeness (QED) is 0.168. The molecule has 0 bridgehead atoms. The van der Waals surface area contributed by atoms with Crippen LogP contribution in [0.1, 0.15) is 0 Å². The van der Waals surface area contributed by atoms with Crippen molar-refractivity contribution in [2.45, 2.75) is 0 Å². The van der Waals surface area contributed by atoms with Crippen LogP contribution < -0.4 is 0 Å². The van der Waals surface area contributed by atoms with Crippen LogP contribution in [0.4, 0.5) is 0 Å². The lowest BCUT2D eigenvalue weighted by atomic mass is 9.85. The number of aromatic nitrogens is 1. The Bertz CT molecular complexity index is 3670. The minimum atomic E-state index is 0.892. The average Bonchev–Trinajstić information content (AvgIpc) is 3.98. The summed E-state index contributed by atoms with van der Waals surface area (Å²) in [6.07, 6.45) is 0. The number of benzene rings is 10. The van der Waals surface area contributed by atoms with Crippen molar-refractivity contribution in [3.8, 4) is 39.1 Å². The van der Waals surface area contributed by atoms with Crippen LogP contribution in [0.25, 0.3) is 126 Å². The largest absolute Gasteiger partial charge is 0.455 e. The molecule has 0 saturated carbocycles. The Labute approximate surface area is 338 Å². The second kappa shape index (κ2) is 12.3. The molecule has 0 N–H and O–H groups in total. The first-order valence-electron chi connectivity index (χ1n) is 20.2. The average molecular weight is 752 g/mol. The molecular formula is C56H33NO2. The Balaban J connectivity index is 1.21. The minimum Gasteiger partial charge on any atom is -0.455 e. The van der Waals surface area contributed by atoms with E-state index < -0.39 is 0 Å². The second-order valence-corrected chi connectivity index (χ2v) is 15.5. The fourth-order valence-corrected chi connectivity index (χ4v) is 9.91. The zero-order chi connectivity index (χ0) is 38.6. The lowest BCUT2D eigenvalue weighted by molar-refractivity contribution is 0.669. The number of hydrogen-bond acceptors (Lipinski definition) is 2. The van der Waals surface area contributed by atoms with Gasteiger partial charge < -0.3 is 13.4 Å². The predicted molar refractivity (Wildman–Crippen MR) is 247 cm³/mol. The molecule has 0 saturated heterocycles. The second-order valence-electron chi connectivity index (χ2n) is 15.5. The summed E-state index contributed by atoms with van der Waals surface area (Å²) in [6.45, 7) is 0. The summed E-state index contributed by atoms with van der Waals surface area (Å²) >= 11 is 0. The van der Waals surface area contributed by atoms with Gasteiger partial charge in [0.15, 0.2) is 0 Å². The van der Waals surface area contributed by atoms with Crippen molar-refractivity contribution >= 4 is 87.2 Å². The first-order valence-corrected chi connectivity index (χ1v) is 20.2. The number of para-hydroxylation sites is 7. The maximum absolute atomic E-state index is 6.70. The van der Waals surface area contributed by atoms with E-state index in [1.165, 1.54) is 43.7 Å². The number of rotatable bonds is 4. The summed E-state index contributed by atoms with van der Waals surface area (Å²) in [6, 6.07) is 72.0. The predicted octanol–water partition coefficient (Wildman–Crippen LogP) is 15.9. The van der Waals surface area contributed by atoms with Crippen molar-refractivity contribution < 1.29 is 8.83 Å². The molecule has 0 aliphatic carbocycles. The molecule has 59 heavy (non-hydrogen) atoms. The number of furan rings is 2. The van der Waals surface area contributed by atoms with Gasteiger partial charge in [-0.3, -0.25) is 0 Å². The van der Waals surface area contributed by atoms with E-state index in [0.717, 1.165) is 82.6 Å². The van der Waals surface area contributed by atoms with Crippen molar-refractivity contribution in [1.29, 1.82) is 0 Å². The summed E-state index contributed by atoms with van der Waals surface area (Å²) in [5.41, 5.74) is 13.8. The third kappa shape index (κ3) is 4.58. The van der Waals surface area contributed by atoms with Crippen LogP contribution in [-0.4, -0.2) is 4.57 Å². The first-order chi connectivity index (χ1) is 29.3. The van der Waals surface area contributed by atoms with E-state index in [-0.39, 0.29) is 0 Å². The van der Waals surface area contributed by atoms with Gasteiger partial charge in [-0.2, -0.15) is 0 Å². The third-order valence-corrected chi connectivity index (χ3v) is 12.4. The Kier molecular flexibility index (Phi) is 6.72. The van der Waals surface area contributed by atoms with Gasteiger partial charge >= 0.3 is 0 Å². The van der Waals surface area contributed by atoms with Gasteiger partial charge in [-0.05, 0) is 74.6 Å². The lowest BCUT2D eigenvalue weighted by Gasteiger charge is -2.19. The Morgan fingerprint density at radius 1 is 0.288 bits per heavy atom. The molecule has 3 aromatic heterocycles. The molecule has 274 valence electrons. The summed E-state index contributed by atoms with van der Waals surface area (Å²) in [4.78, 5) is 0. The van der Waals surface area contributed by atoms with Gasteiger partial charge in [0.2, 0.25) is 0 Å². The van der Waals surface area contributed by atoms with E-state index in [1.54, 1.807) is 0 Å². The van der Waals surface area contributed by atoms with Crippen LogP contribution in [0.15, 0.2) is 209 Å². The van der Waals surface area contributed by atoms with E-state index in [9.17, 15) is 0 Å². The lowest BCUT2D eigenvalue weighted by Crippen LogP contribution is -1.96. The Morgan fingerprint density at radius 2 is 0.729 bits per heavy atom. The van der Waals surface area contributed by atoms with E-state index >= 15 is 0 Å². The van der Waals surface area contributed by atoms with Crippen LogP contribution in [-0.2, 0) is 0 Å². The highest BCUT2D eigenvalue weighted by atomic mass is 16.3. The maximum atomic E-state index is 6.70. The highest BCUT2D eigenvalue weighted by Crippen LogP contribution is 2.48. The fourth-order valence-electron chi connectivity index (χ4n) is 9.91. The molecule has 10 aromatic carbocycles.